The molecule has 8 nitrogen and oxygen atoms in total. The van der Waals surface area contributed by atoms with Gasteiger partial charge in [0.05, 0.1) is 30.2 Å². The van der Waals surface area contributed by atoms with Crippen molar-refractivity contribution in [1.82, 2.24) is 19.7 Å². The third-order valence-corrected chi connectivity index (χ3v) is 7.59. The van der Waals surface area contributed by atoms with Crippen LogP contribution in [0.15, 0.2) is 41.3 Å². The zero-order valence-corrected chi connectivity index (χ0v) is 20.1. The number of fused-ring (bicyclic) bond motifs is 1. The van der Waals surface area contributed by atoms with E-state index in [9.17, 15) is 23.2 Å². The number of H-pyrrole nitrogens is 1. The average molecular weight is 519 g/mol. The number of nitrogens with one attached hydrogen (secondary N) is 2. The van der Waals surface area contributed by atoms with Gasteiger partial charge in [-0.1, -0.05) is 12.1 Å². The quantitative estimate of drug-likeness (QED) is 0.522. The van der Waals surface area contributed by atoms with Gasteiger partial charge in [-0.3, -0.25) is 14.4 Å². The van der Waals surface area contributed by atoms with Crippen LogP contribution in [0.4, 0.5) is 24.7 Å². The maximum atomic E-state index is 13.9. The molecule has 2 saturated heterocycles. The van der Waals surface area contributed by atoms with Crippen molar-refractivity contribution in [3.8, 4) is 6.07 Å². The van der Waals surface area contributed by atoms with E-state index >= 15 is 0 Å². The molecule has 2 aliphatic heterocycles. The molecule has 4 heterocycles. The summed E-state index contributed by atoms with van der Waals surface area (Å²) in [5.41, 5.74) is 0.863. The molecule has 2 aromatic heterocycles. The van der Waals surface area contributed by atoms with E-state index in [4.69, 9.17) is 4.74 Å². The molecule has 12 heteroatoms. The molecular weight excluding hydrogens is 493 g/mol. The summed E-state index contributed by atoms with van der Waals surface area (Å²) in [5.74, 6) is 1.30. The summed E-state index contributed by atoms with van der Waals surface area (Å²) in [5, 5.41) is 17.6. The van der Waals surface area contributed by atoms with Crippen LogP contribution in [0.1, 0.15) is 24.1 Å². The lowest BCUT2D eigenvalue weighted by atomic mass is 9.96. The summed E-state index contributed by atoms with van der Waals surface area (Å²) in [6.45, 7) is 1.55. The molecule has 0 radical (unpaired) electrons. The third kappa shape index (κ3) is 4.83. The Bertz CT molecular complexity index is 1310. The highest BCUT2D eigenvalue weighted by Gasteiger charge is 2.44. The van der Waals surface area contributed by atoms with Crippen molar-refractivity contribution in [1.29, 1.82) is 5.26 Å². The first kappa shape index (κ1) is 24.7. The Kier molecular flexibility index (Phi) is 6.96. The highest BCUT2D eigenvalue weighted by atomic mass is 32.2. The second kappa shape index (κ2) is 10.2. The number of aromatic amines is 1. The number of thioether (sulfide) groups is 1. The minimum Gasteiger partial charge on any atom is -0.379 e. The largest absolute Gasteiger partial charge is 0.408 e. The molecule has 0 saturated carbocycles. The predicted molar refractivity (Wildman–Crippen MR) is 131 cm³/mol. The summed E-state index contributed by atoms with van der Waals surface area (Å²) in [6.07, 6.45) is -2.31. The van der Waals surface area contributed by atoms with E-state index in [0.717, 1.165) is 0 Å². The first-order valence-corrected chi connectivity index (χ1v) is 12.8. The van der Waals surface area contributed by atoms with Crippen LogP contribution < -0.4 is 10.9 Å². The van der Waals surface area contributed by atoms with Gasteiger partial charge in [0.2, 0.25) is 0 Å². The molecule has 3 atom stereocenters. The monoisotopic (exact) mass is 518 g/mol. The molecule has 5 rings (SSSR count). The van der Waals surface area contributed by atoms with Crippen molar-refractivity contribution in [2.75, 3.05) is 43.1 Å². The van der Waals surface area contributed by atoms with Crippen LogP contribution in [0.3, 0.4) is 0 Å². The van der Waals surface area contributed by atoms with Crippen LogP contribution in [0.25, 0.3) is 10.9 Å². The number of hydrogen-bond donors (Lipinski definition) is 2. The minimum absolute atomic E-state index is 0.171. The molecule has 36 heavy (non-hydrogen) atoms. The van der Waals surface area contributed by atoms with E-state index in [0.29, 0.717) is 60.8 Å². The molecule has 0 bridgehead atoms. The molecule has 2 fully saturated rings. The Hall–Kier alpha value is -3.01. The van der Waals surface area contributed by atoms with Crippen LogP contribution in [0.5, 0.6) is 0 Å². The van der Waals surface area contributed by atoms with Gasteiger partial charge in [0.25, 0.3) is 5.56 Å². The van der Waals surface area contributed by atoms with Crippen molar-refractivity contribution in [3.05, 3.63) is 52.4 Å². The molecule has 2 N–H and O–H groups in total. The summed E-state index contributed by atoms with van der Waals surface area (Å²) < 4.78 is 49.1. The Labute approximate surface area is 209 Å². The molecule has 2 aliphatic rings. The fraction of sp³-hybridized carbons (Fsp3) is 0.458. The molecule has 0 aliphatic carbocycles. The third-order valence-electron chi connectivity index (χ3n) is 6.65. The van der Waals surface area contributed by atoms with E-state index in [-0.39, 0.29) is 28.9 Å². The van der Waals surface area contributed by atoms with Gasteiger partial charge in [-0.25, -0.2) is 0 Å². The van der Waals surface area contributed by atoms with Crippen LogP contribution in [-0.4, -0.2) is 63.6 Å². The number of benzene rings is 1. The maximum Gasteiger partial charge on any atom is 0.408 e. The Morgan fingerprint density at radius 2 is 1.97 bits per heavy atom. The van der Waals surface area contributed by atoms with Gasteiger partial charge in [0, 0.05) is 43.1 Å². The van der Waals surface area contributed by atoms with Gasteiger partial charge in [-0.2, -0.15) is 35.3 Å². The Balaban J connectivity index is 1.46. The fourth-order valence-electron chi connectivity index (χ4n) is 4.88. The van der Waals surface area contributed by atoms with E-state index in [1.54, 1.807) is 34.6 Å². The standard InChI is InChI=1S/C24H25F3N6O2S/c25-24(26,27)21(32-8-11-36-12-9-32)15-1-3-17(4-2-15)30-22-20-18(5-7-29-23(20)34)33(31-22)19-14-35-10-6-16(19)13-28/h1-5,7,16,19,21H,6,8-12,14H2,(H,29,34)(H,30,31)/t16?,19-,21?/m0/s1. The lowest BCUT2D eigenvalue weighted by Crippen LogP contribution is -2.42. The van der Waals surface area contributed by atoms with Gasteiger partial charge in [0.15, 0.2) is 5.82 Å². The van der Waals surface area contributed by atoms with Crippen molar-refractivity contribution in [2.24, 2.45) is 5.92 Å². The van der Waals surface area contributed by atoms with Crippen molar-refractivity contribution < 1.29 is 17.9 Å². The number of rotatable bonds is 5. The first-order chi connectivity index (χ1) is 17.4. The second-order valence-electron chi connectivity index (χ2n) is 8.87. The molecule has 3 aromatic rings. The van der Waals surface area contributed by atoms with E-state index < -0.39 is 12.2 Å². The predicted octanol–water partition coefficient (Wildman–Crippen LogP) is 4.22. The summed E-state index contributed by atoms with van der Waals surface area (Å²) in [6, 6.07) is 8.06. The zero-order chi connectivity index (χ0) is 25.3. The average Bonchev–Trinajstić information content (AvgIpc) is 3.24. The number of alkyl halides is 3. The molecule has 0 amide bonds. The summed E-state index contributed by atoms with van der Waals surface area (Å²) in [4.78, 5) is 16.8. The van der Waals surface area contributed by atoms with Gasteiger partial charge < -0.3 is 15.0 Å². The number of pyridine rings is 1. The van der Waals surface area contributed by atoms with E-state index in [2.05, 4.69) is 21.5 Å². The van der Waals surface area contributed by atoms with Gasteiger partial charge in [-0.05, 0) is 30.2 Å². The molecule has 0 spiro atoms. The smallest absolute Gasteiger partial charge is 0.379 e. The first-order valence-electron chi connectivity index (χ1n) is 11.7. The number of nitriles is 1. The second-order valence-corrected chi connectivity index (χ2v) is 10.1. The molecule has 190 valence electrons. The molecule has 2 unspecified atom stereocenters. The Morgan fingerprint density at radius 1 is 1.22 bits per heavy atom. The number of nitrogens with zero attached hydrogens (tertiary/aromatic N) is 4. The maximum absolute atomic E-state index is 13.9. The lowest BCUT2D eigenvalue weighted by molar-refractivity contribution is -0.185. The fourth-order valence-corrected chi connectivity index (χ4v) is 5.81. The van der Waals surface area contributed by atoms with Gasteiger partial charge in [-0.15, -0.1) is 0 Å². The van der Waals surface area contributed by atoms with E-state index in [1.165, 1.54) is 23.2 Å². The summed E-state index contributed by atoms with van der Waals surface area (Å²) in [7, 11) is 0. The van der Waals surface area contributed by atoms with Crippen LogP contribution in [0.2, 0.25) is 0 Å². The van der Waals surface area contributed by atoms with Gasteiger partial charge >= 0.3 is 6.18 Å². The number of ether oxygens (including phenoxy) is 1. The Morgan fingerprint density at radius 3 is 2.67 bits per heavy atom. The normalized spacial score (nSPS) is 22.3. The van der Waals surface area contributed by atoms with Crippen LogP contribution >= 0.6 is 11.8 Å². The van der Waals surface area contributed by atoms with Crippen molar-refractivity contribution >= 4 is 34.2 Å². The lowest BCUT2D eigenvalue weighted by Gasteiger charge is -2.35. The highest BCUT2D eigenvalue weighted by molar-refractivity contribution is 7.99. The summed E-state index contributed by atoms with van der Waals surface area (Å²) >= 11 is 1.66. The minimum atomic E-state index is -4.39. The highest BCUT2D eigenvalue weighted by Crippen LogP contribution is 2.39. The van der Waals surface area contributed by atoms with Crippen LogP contribution in [0, 0.1) is 17.2 Å². The number of anilines is 2. The van der Waals surface area contributed by atoms with Crippen LogP contribution in [-0.2, 0) is 4.74 Å². The zero-order valence-electron chi connectivity index (χ0n) is 19.3. The topological polar surface area (TPSA) is 99.0 Å². The number of aromatic nitrogens is 3. The number of halogens is 3. The van der Waals surface area contributed by atoms with Gasteiger partial charge in [0.1, 0.15) is 11.4 Å². The molecular formula is C24H25F3N6O2S. The SMILES string of the molecule is N#CC1CCOC[C@@H]1n1nc(Nc2ccc(C(N3CCSCC3)C(F)(F)F)cc2)c2c(=O)[nH]ccc21. The van der Waals surface area contributed by atoms with E-state index in [1.807, 2.05) is 0 Å². The van der Waals surface area contributed by atoms with Crippen molar-refractivity contribution in [3.63, 3.8) is 0 Å². The number of hydrogen-bond acceptors (Lipinski definition) is 7. The van der Waals surface area contributed by atoms with Crippen molar-refractivity contribution in [2.45, 2.75) is 24.7 Å². The molecule has 1 aromatic carbocycles.